The van der Waals surface area contributed by atoms with Crippen LogP contribution < -0.4 is 5.32 Å². The molecule has 1 aliphatic rings. The number of benzene rings is 1. The van der Waals surface area contributed by atoms with Crippen molar-refractivity contribution < 1.29 is 9.53 Å². The molecule has 2 rings (SSSR count). The predicted octanol–water partition coefficient (Wildman–Crippen LogP) is 3.09. The number of rotatable bonds is 5. The summed E-state index contributed by atoms with van der Waals surface area (Å²) < 4.78 is 5.37. The molecule has 0 aliphatic heterocycles. The fourth-order valence-electron chi connectivity index (χ4n) is 2.96. The molecule has 2 unspecified atom stereocenters. The first kappa shape index (κ1) is 15.0. The summed E-state index contributed by atoms with van der Waals surface area (Å²) in [6, 6.07) is 6.67. The van der Waals surface area contributed by atoms with Gasteiger partial charge in [0.2, 0.25) is 0 Å². The fourth-order valence-corrected chi connectivity index (χ4v) is 2.96. The van der Waals surface area contributed by atoms with E-state index in [1.807, 2.05) is 6.92 Å². The van der Waals surface area contributed by atoms with Gasteiger partial charge in [-0.2, -0.15) is 0 Å². The summed E-state index contributed by atoms with van der Waals surface area (Å²) in [4.78, 5) is 12.6. The largest absolute Gasteiger partial charge is 0.464 e. The van der Waals surface area contributed by atoms with E-state index in [1.54, 1.807) is 0 Å². The molecule has 0 aromatic heterocycles. The quantitative estimate of drug-likeness (QED) is 0.839. The minimum absolute atomic E-state index is 0.135. The van der Waals surface area contributed by atoms with Crippen molar-refractivity contribution in [2.75, 3.05) is 6.61 Å². The normalized spacial score (nSPS) is 22.4. The van der Waals surface area contributed by atoms with E-state index in [-0.39, 0.29) is 12.0 Å². The van der Waals surface area contributed by atoms with E-state index in [2.05, 4.69) is 44.3 Å². The van der Waals surface area contributed by atoms with Crippen molar-refractivity contribution in [3.63, 3.8) is 0 Å². The van der Waals surface area contributed by atoms with Crippen LogP contribution in [0.4, 0.5) is 0 Å². The van der Waals surface area contributed by atoms with Gasteiger partial charge in [-0.25, -0.2) is 4.79 Å². The number of fused-ring (bicyclic) bond motifs is 1. The summed E-state index contributed by atoms with van der Waals surface area (Å²) in [6.07, 6.45) is 2.70. The first-order valence-corrected chi connectivity index (χ1v) is 7.58. The molecule has 1 aliphatic carbocycles. The van der Waals surface area contributed by atoms with Gasteiger partial charge in [-0.15, -0.1) is 0 Å². The van der Waals surface area contributed by atoms with Gasteiger partial charge in [0.25, 0.3) is 0 Å². The van der Waals surface area contributed by atoms with Crippen molar-refractivity contribution in [3.05, 3.63) is 34.9 Å². The standard InChI is InChI=1S/C17H25NO2/c1-5-13(4)18-17(16(19)20-6-2)10-9-14-8-7-12(3)11-15(14)17/h7-8,11,13,18H,5-6,9-10H2,1-4H3. The van der Waals surface area contributed by atoms with Gasteiger partial charge in [-0.1, -0.05) is 30.7 Å². The second-order valence-corrected chi connectivity index (χ2v) is 5.74. The van der Waals surface area contributed by atoms with E-state index in [1.165, 1.54) is 11.1 Å². The van der Waals surface area contributed by atoms with Crippen LogP contribution in [0.25, 0.3) is 0 Å². The zero-order chi connectivity index (χ0) is 14.8. The lowest BCUT2D eigenvalue weighted by Gasteiger charge is -2.32. The van der Waals surface area contributed by atoms with Crippen molar-refractivity contribution >= 4 is 5.97 Å². The van der Waals surface area contributed by atoms with Gasteiger partial charge >= 0.3 is 5.97 Å². The first-order valence-electron chi connectivity index (χ1n) is 7.58. The number of carbonyl (C=O) groups is 1. The molecule has 0 radical (unpaired) electrons. The van der Waals surface area contributed by atoms with Crippen molar-refractivity contribution in [1.82, 2.24) is 5.32 Å². The third-order valence-corrected chi connectivity index (χ3v) is 4.22. The highest BCUT2D eigenvalue weighted by atomic mass is 16.5. The van der Waals surface area contributed by atoms with E-state index in [0.29, 0.717) is 6.61 Å². The summed E-state index contributed by atoms with van der Waals surface area (Å²) in [5.74, 6) is -0.135. The Balaban J connectivity index is 2.44. The molecule has 1 N–H and O–H groups in total. The highest BCUT2D eigenvalue weighted by Gasteiger charge is 2.47. The van der Waals surface area contributed by atoms with E-state index in [4.69, 9.17) is 4.74 Å². The van der Waals surface area contributed by atoms with Crippen LogP contribution >= 0.6 is 0 Å². The Kier molecular flexibility index (Phi) is 4.48. The van der Waals surface area contributed by atoms with E-state index < -0.39 is 5.54 Å². The molecule has 1 aromatic carbocycles. The molecule has 0 amide bonds. The summed E-state index contributed by atoms with van der Waals surface area (Å²) >= 11 is 0. The number of hydrogen-bond donors (Lipinski definition) is 1. The summed E-state index contributed by atoms with van der Waals surface area (Å²) in [7, 11) is 0. The number of ether oxygens (including phenoxy) is 1. The topological polar surface area (TPSA) is 38.3 Å². The molecule has 1 aromatic rings. The van der Waals surface area contributed by atoms with Crippen LogP contribution in [0.3, 0.4) is 0 Å². The van der Waals surface area contributed by atoms with Crippen LogP contribution in [0.2, 0.25) is 0 Å². The molecule has 0 saturated heterocycles. The Morgan fingerprint density at radius 3 is 2.85 bits per heavy atom. The maximum absolute atomic E-state index is 12.6. The number of hydrogen-bond acceptors (Lipinski definition) is 3. The second kappa shape index (κ2) is 5.96. The molecule has 0 bridgehead atoms. The van der Waals surface area contributed by atoms with Crippen LogP contribution in [0.15, 0.2) is 18.2 Å². The number of aryl methyl sites for hydroxylation is 2. The molecule has 0 saturated carbocycles. The molecular formula is C17H25NO2. The van der Waals surface area contributed by atoms with Crippen LogP contribution in [0.1, 0.15) is 50.3 Å². The van der Waals surface area contributed by atoms with Crippen LogP contribution in [-0.4, -0.2) is 18.6 Å². The highest BCUT2D eigenvalue weighted by molar-refractivity contribution is 5.84. The third kappa shape index (κ3) is 2.59. The van der Waals surface area contributed by atoms with Gasteiger partial charge in [-0.3, -0.25) is 5.32 Å². The zero-order valence-electron chi connectivity index (χ0n) is 13.0. The monoisotopic (exact) mass is 275 g/mol. The van der Waals surface area contributed by atoms with Crippen LogP contribution in [0.5, 0.6) is 0 Å². The molecule has 110 valence electrons. The molecule has 3 nitrogen and oxygen atoms in total. The average Bonchev–Trinajstić information content (AvgIpc) is 2.78. The molecule has 0 spiro atoms. The maximum Gasteiger partial charge on any atom is 0.331 e. The van der Waals surface area contributed by atoms with Crippen molar-refractivity contribution in [3.8, 4) is 0 Å². The number of esters is 1. The lowest BCUT2D eigenvalue weighted by Crippen LogP contribution is -2.52. The lowest BCUT2D eigenvalue weighted by molar-refractivity contribution is -0.152. The van der Waals surface area contributed by atoms with Gasteiger partial charge in [-0.05, 0) is 51.2 Å². The van der Waals surface area contributed by atoms with Gasteiger partial charge < -0.3 is 4.74 Å². The Morgan fingerprint density at radius 2 is 2.20 bits per heavy atom. The number of nitrogens with one attached hydrogen (secondary N) is 1. The van der Waals surface area contributed by atoms with E-state index in [0.717, 1.165) is 24.8 Å². The Labute approximate surface area is 121 Å². The summed E-state index contributed by atoms with van der Waals surface area (Å²) in [5, 5.41) is 3.54. The molecule has 2 atom stereocenters. The van der Waals surface area contributed by atoms with E-state index in [9.17, 15) is 4.79 Å². The molecule has 20 heavy (non-hydrogen) atoms. The molecule has 0 heterocycles. The van der Waals surface area contributed by atoms with E-state index >= 15 is 0 Å². The highest BCUT2D eigenvalue weighted by Crippen LogP contribution is 2.39. The van der Waals surface area contributed by atoms with Crippen LogP contribution in [0, 0.1) is 6.92 Å². The predicted molar refractivity (Wildman–Crippen MR) is 80.7 cm³/mol. The van der Waals surface area contributed by atoms with Gasteiger partial charge in [0.15, 0.2) is 0 Å². The maximum atomic E-state index is 12.6. The summed E-state index contributed by atoms with van der Waals surface area (Å²) in [6.45, 7) is 8.60. The lowest BCUT2D eigenvalue weighted by atomic mass is 9.89. The zero-order valence-corrected chi connectivity index (χ0v) is 13.0. The van der Waals surface area contributed by atoms with Gasteiger partial charge in [0.1, 0.15) is 5.54 Å². The van der Waals surface area contributed by atoms with Crippen LogP contribution in [-0.2, 0) is 21.5 Å². The minimum Gasteiger partial charge on any atom is -0.464 e. The SMILES string of the molecule is CCOC(=O)C1(NC(C)CC)CCc2ccc(C)cc21. The fraction of sp³-hybridized carbons (Fsp3) is 0.588. The average molecular weight is 275 g/mol. The molecular weight excluding hydrogens is 250 g/mol. The van der Waals surface area contributed by atoms with Gasteiger partial charge in [0, 0.05) is 6.04 Å². The third-order valence-electron chi connectivity index (χ3n) is 4.22. The first-order chi connectivity index (χ1) is 9.53. The molecule has 0 fully saturated rings. The summed E-state index contributed by atoms with van der Waals surface area (Å²) in [5.41, 5.74) is 2.90. The van der Waals surface area contributed by atoms with Gasteiger partial charge in [0.05, 0.1) is 6.61 Å². The van der Waals surface area contributed by atoms with Crippen molar-refractivity contribution in [2.45, 2.75) is 58.5 Å². The minimum atomic E-state index is -0.660. The Hall–Kier alpha value is -1.35. The smallest absolute Gasteiger partial charge is 0.331 e. The number of carbonyl (C=O) groups excluding carboxylic acids is 1. The Morgan fingerprint density at radius 1 is 1.45 bits per heavy atom. The molecule has 3 heteroatoms. The Bertz CT molecular complexity index is 498. The van der Waals surface area contributed by atoms with Crippen molar-refractivity contribution in [1.29, 1.82) is 0 Å². The van der Waals surface area contributed by atoms with Crippen molar-refractivity contribution in [2.24, 2.45) is 0 Å². The second-order valence-electron chi connectivity index (χ2n) is 5.74.